The average Bonchev–Trinajstić information content (AvgIpc) is 2.64. The molecule has 0 bridgehead atoms. The fourth-order valence-electron chi connectivity index (χ4n) is 2.07. The van der Waals surface area contributed by atoms with Crippen LogP contribution in [-0.4, -0.2) is 20.1 Å². The summed E-state index contributed by atoms with van der Waals surface area (Å²) in [5, 5.41) is 7.70. The number of aromatic nitrogens is 3. The Kier molecular flexibility index (Phi) is 1.71. The van der Waals surface area contributed by atoms with E-state index in [9.17, 15) is 0 Å². The Hall–Kier alpha value is -1.58. The molecule has 1 saturated carbocycles. The molecule has 1 aliphatic carbocycles. The number of rotatable bonds is 2. The van der Waals surface area contributed by atoms with Gasteiger partial charge >= 0.3 is 0 Å². The second-order valence-electron chi connectivity index (χ2n) is 4.48. The normalized spacial score (nSPS) is 18.7. The van der Waals surface area contributed by atoms with Crippen molar-refractivity contribution in [2.45, 2.75) is 31.7 Å². The maximum Gasteiger partial charge on any atom is 0.152 e. The number of nitrogens with zero attached hydrogens (tertiary/aromatic N) is 3. The summed E-state index contributed by atoms with van der Waals surface area (Å²) in [4.78, 5) is 4.37. The third-order valence-electron chi connectivity index (χ3n) is 3.20. The van der Waals surface area contributed by atoms with Crippen LogP contribution in [0.15, 0.2) is 24.7 Å². The molecule has 3 rings (SSSR count). The third kappa shape index (κ3) is 1.37. The summed E-state index contributed by atoms with van der Waals surface area (Å²) in [6.45, 7) is 2.25. The largest absolute Gasteiger partial charge is 0.363 e. The highest BCUT2D eigenvalue weighted by Gasteiger charge is 2.32. The van der Waals surface area contributed by atoms with Crippen LogP contribution in [0.2, 0.25) is 0 Å². The molecule has 0 aromatic carbocycles. The highest BCUT2D eigenvalue weighted by Crippen LogP contribution is 2.34. The fourth-order valence-corrected chi connectivity index (χ4v) is 2.07. The minimum atomic E-state index is 0.235. The first kappa shape index (κ1) is 8.71. The number of nitrogens with one attached hydrogen (secondary N) is 1. The molecule has 2 heterocycles. The minimum Gasteiger partial charge on any atom is -0.363 e. The summed E-state index contributed by atoms with van der Waals surface area (Å²) >= 11 is 0. The Bertz CT molecular complexity index is 484. The Labute approximate surface area is 88.3 Å². The van der Waals surface area contributed by atoms with Gasteiger partial charge in [0.15, 0.2) is 5.82 Å². The molecule has 0 spiro atoms. The molecule has 0 amide bonds. The van der Waals surface area contributed by atoms with Crippen LogP contribution in [0.5, 0.6) is 0 Å². The second-order valence-corrected chi connectivity index (χ2v) is 4.48. The van der Waals surface area contributed by atoms with E-state index in [1.54, 1.807) is 12.4 Å². The lowest BCUT2D eigenvalue weighted by Gasteiger charge is -2.39. The van der Waals surface area contributed by atoms with E-state index >= 15 is 0 Å². The summed E-state index contributed by atoms with van der Waals surface area (Å²) in [6, 6.07) is 1.98. The SMILES string of the molecule is CC1(Nc2nccn3nccc23)CCC1. The zero-order valence-corrected chi connectivity index (χ0v) is 8.77. The van der Waals surface area contributed by atoms with E-state index in [1.165, 1.54) is 19.3 Å². The molecule has 0 saturated heterocycles. The van der Waals surface area contributed by atoms with E-state index in [0.29, 0.717) is 0 Å². The van der Waals surface area contributed by atoms with Gasteiger partial charge in [0.2, 0.25) is 0 Å². The third-order valence-corrected chi connectivity index (χ3v) is 3.20. The molecular formula is C11H14N4. The number of fused-ring (bicyclic) bond motifs is 1. The Morgan fingerprint density at radius 1 is 1.40 bits per heavy atom. The van der Waals surface area contributed by atoms with Crippen LogP contribution in [0.3, 0.4) is 0 Å². The van der Waals surface area contributed by atoms with Crippen molar-refractivity contribution in [1.29, 1.82) is 0 Å². The smallest absolute Gasteiger partial charge is 0.152 e. The van der Waals surface area contributed by atoms with E-state index in [4.69, 9.17) is 0 Å². The van der Waals surface area contributed by atoms with Crippen molar-refractivity contribution in [1.82, 2.24) is 14.6 Å². The zero-order valence-electron chi connectivity index (χ0n) is 8.77. The van der Waals surface area contributed by atoms with Gasteiger partial charge in [-0.15, -0.1) is 0 Å². The molecule has 1 fully saturated rings. The van der Waals surface area contributed by atoms with E-state index < -0.39 is 0 Å². The number of hydrogen-bond donors (Lipinski definition) is 1. The maximum atomic E-state index is 4.37. The Morgan fingerprint density at radius 2 is 2.27 bits per heavy atom. The fraction of sp³-hybridized carbons (Fsp3) is 0.455. The summed E-state index contributed by atoms with van der Waals surface area (Å²) < 4.78 is 1.84. The summed E-state index contributed by atoms with van der Waals surface area (Å²) in [7, 11) is 0. The van der Waals surface area contributed by atoms with Crippen molar-refractivity contribution < 1.29 is 0 Å². The van der Waals surface area contributed by atoms with Gasteiger partial charge in [-0.3, -0.25) is 0 Å². The molecule has 1 aliphatic rings. The lowest BCUT2D eigenvalue weighted by Crippen LogP contribution is -2.42. The summed E-state index contributed by atoms with van der Waals surface area (Å²) in [6.07, 6.45) is 9.21. The predicted octanol–water partition coefficient (Wildman–Crippen LogP) is 2.08. The lowest BCUT2D eigenvalue weighted by atomic mass is 9.78. The molecule has 4 heteroatoms. The highest BCUT2D eigenvalue weighted by molar-refractivity contribution is 5.67. The number of hydrogen-bond acceptors (Lipinski definition) is 3. The van der Waals surface area contributed by atoms with Crippen molar-refractivity contribution in [2.24, 2.45) is 0 Å². The van der Waals surface area contributed by atoms with Crippen molar-refractivity contribution in [3.8, 4) is 0 Å². The van der Waals surface area contributed by atoms with Crippen molar-refractivity contribution in [2.75, 3.05) is 5.32 Å². The predicted molar refractivity (Wildman–Crippen MR) is 58.9 cm³/mol. The highest BCUT2D eigenvalue weighted by atomic mass is 15.2. The first-order valence-corrected chi connectivity index (χ1v) is 5.33. The van der Waals surface area contributed by atoms with Gasteiger partial charge in [0.25, 0.3) is 0 Å². The van der Waals surface area contributed by atoms with Crippen LogP contribution in [0, 0.1) is 0 Å². The molecule has 15 heavy (non-hydrogen) atoms. The molecule has 0 radical (unpaired) electrons. The first-order chi connectivity index (χ1) is 7.27. The Balaban J connectivity index is 1.99. The number of anilines is 1. The summed E-state index contributed by atoms with van der Waals surface area (Å²) in [5.74, 6) is 0.942. The van der Waals surface area contributed by atoms with E-state index in [2.05, 4.69) is 22.3 Å². The van der Waals surface area contributed by atoms with Gasteiger partial charge in [-0.25, -0.2) is 9.50 Å². The zero-order chi connectivity index (χ0) is 10.3. The molecule has 0 unspecified atom stereocenters. The van der Waals surface area contributed by atoms with Crippen molar-refractivity contribution in [3.63, 3.8) is 0 Å². The molecule has 78 valence electrons. The standard InChI is InChI=1S/C11H14N4/c1-11(4-2-5-11)14-10-9-3-6-13-15(9)8-7-12-10/h3,6-8H,2,4-5H2,1H3,(H,12,14). The van der Waals surface area contributed by atoms with Crippen molar-refractivity contribution >= 4 is 11.3 Å². The van der Waals surface area contributed by atoms with Gasteiger partial charge in [-0.2, -0.15) is 5.10 Å². The van der Waals surface area contributed by atoms with Gasteiger partial charge in [-0.05, 0) is 32.3 Å². The molecule has 0 atom stereocenters. The van der Waals surface area contributed by atoms with Crippen LogP contribution in [0.1, 0.15) is 26.2 Å². The molecule has 2 aromatic heterocycles. The average molecular weight is 202 g/mol. The molecular weight excluding hydrogens is 188 g/mol. The quantitative estimate of drug-likeness (QED) is 0.810. The molecule has 1 N–H and O–H groups in total. The van der Waals surface area contributed by atoms with Crippen LogP contribution in [-0.2, 0) is 0 Å². The Morgan fingerprint density at radius 3 is 3.00 bits per heavy atom. The minimum absolute atomic E-state index is 0.235. The van der Waals surface area contributed by atoms with Gasteiger partial charge in [0.05, 0.1) is 6.20 Å². The van der Waals surface area contributed by atoms with Crippen LogP contribution >= 0.6 is 0 Å². The van der Waals surface area contributed by atoms with Gasteiger partial charge in [0.1, 0.15) is 5.52 Å². The summed E-state index contributed by atoms with van der Waals surface area (Å²) in [5.41, 5.74) is 1.28. The van der Waals surface area contributed by atoms with E-state index in [-0.39, 0.29) is 5.54 Å². The maximum absolute atomic E-state index is 4.37. The van der Waals surface area contributed by atoms with Crippen LogP contribution < -0.4 is 5.32 Å². The van der Waals surface area contributed by atoms with Gasteiger partial charge in [-0.1, -0.05) is 0 Å². The van der Waals surface area contributed by atoms with Gasteiger partial charge < -0.3 is 5.32 Å². The van der Waals surface area contributed by atoms with Crippen LogP contribution in [0.25, 0.3) is 5.52 Å². The first-order valence-electron chi connectivity index (χ1n) is 5.33. The van der Waals surface area contributed by atoms with Crippen molar-refractivity contribution in [3.05, 3.63) is 24.7 Å². The van der Waals surface area contributed by atoms with E-state index in [0.717, 1.165) is 11.3 Å². The van der Waals surface area contributed by atoms with Gasteiger partial charge in [0, 0.05) is 17.9 Å². The topological polar surface area (TPSA) is 42.2 Å². The monoisotopic (exact) mass is 202 g/mol. The van der Waals surface area contributed by atoms with Crippen LogP contribution in [0.4, 0.5) is 5.82 Å². The molecule has 2 aromatic rings. The molecule has 4 nitrogen and oxygen atoms in total. The lowest BCUT2D eigenvalue weighted by molar-refractivity contribution is 0.306. The second kappa shape index (κ2) is 2.95. The van der Waals surface area contributed by atoms with E-state index in [1.807, 2.05) is 16.8 Å². The molecule has 0 aliphatic heterocycles.